The minimum absolute atomic E-state index is 0.123. The standard InChI is InChI=1S/C25H24F3N3O2/c26-25(27,28)24-22(2-1-13-29-24)31-20-11-12-21(30-15-20)19-9-7-18(8-10-19)17-5-3-16(4-6-17)14-23(32)33/h1-2,7-13,15-17,31H,3-6,14H2,(H,32,33). The van der Waals surface area contributed by atoms with Crippen molar-refractivity contribution in [2.45, 2.75) is 44.2 Å². The van der Waals surface area contributed by atoms with E-state index in [1.54, 1.807) is 12.1 Å². The molecule has 0 radical (unpaired) electrons. The Morgan fingerprint density at radius 1 is 1.00 bits per heavy atom. The van der Waals surface area contributed by atoms with E-state index in [1.165, 1.54) is 23.9 Å². The molecule has 5 nitrogen and oxygen atoms in total. The predicted octanol–water partition coefficient (Wildman–Crippen LogP) is 6.65. The Hall–Kier alpha value is -3.42. The van der Waals surface area contributed by atoms with Crippen molar-refractivity contribution in [1.82, 2.24) is 9.97 Å². The summed E-state index contributed by atoms with van der Waals surface area (Å²) in [4.78, 5) is 18.7. The van der Waals surface area contributed by atoms with Crippen LogP contribution >= 0.6 is 0 Å². The number of anilines is 2. The normalized spacial score (nSPS) is 18.6. The maximum absolute atomic E-state index is 13.1. The highest BCUT2D eigenvalue weighted by Crippen LogP contribution is 2.38. The molecule has 1 aliphatic carbocycles. The van der Waals surface area contributed by atoms with Gasteiger partial charge in [0.15, 0.2) is 5.69 Å². The summed E-state index contributed by atoms with van der Waals surface area (Å²) < 4.78 is 39.4. The van der Waals surface area contributed by atoms with E-state index in [2.05, 4.69) is 27.4 Å². The topological polar surface area (TPSA) is 75.1 Å². The number of alkyl halides is 3. The molecule has 4 rings (SSSR count). The van der Waals surface area contributed by atoms with Crippen LogP contribution in [0.5, 0.6) is 0 Å². The van der Waals surface area contributed by atoms with Gasteiger partial charge in [-0.1, -0.05) is 24.3 Å². The minimum atomic E-state index is -4.55. The summed E-state index contributed by atoms with van der Waals surface area (Å²) >= 11 is 0. The number of carboxylic acids is 1. The van der Waals surface area contributed by atoms with E-state index in [0.717, 1.165) is 43.1 Å². The van der Waals surface area contributed by atoms with E-state index in [1.807, 2.05) is 12.1 Å². The molecule has 0 bridgehead atoms. The third kappa shape index (κ3) is 5.69. The Bertz CT molecular complexity index is 1090. The number of benzene rings is 1. The largest absolute Gasteiger partial charge is 0.481 e. The lowest BCUT2D eigenvalue weighted by Gasteiger charge is -2.28. The van der Waals surface area contributed by atoms with Gasteiger partial charge in [0.25, 0.3) is 0 Å². The highest BCUT2D eigenvalue weighted by Gasteiger charge is 2.35. The Labute approximate surface area is 189 Å². The first-order chi connectivity index (χ1) is 15.8. The van der Waals surface area contributed by atoms with Gasteiger partial charge in [-0.15, -0.1) is 0 Å². The summed E-state index contributed by atoms with van der Waals surface area (Å²) in [7, 11) is 0. The van der Waals surface area contributed by atoms with Crippen molar-refractivity contribution in [2.75, 3.05) is 5.32 Å². The zero-order valence-electron chi connectivity index (χ0n) is 17.8. The van der Waals surface area contributed by atoms with Crippen molar-refractivity contribution in [1.29, 1.82) is 0 Å². The SMILES string of the molecule is O=C(O)CC1CCC(c2ccc(-c3ccc(Nc4cccnc4C(F)(F)F)cn3)cc2)CC1. The van der Waals surface area contributed by atoms with Gasteiger partial charge < -0.3 is 10.4 Å². The van der Waals surface area contributed by atoms with E-state index in [9.17, 15) is 18.0 Å². The molecule has 8 heteroatoms. The highest BCUT2D eigenvalue weighted by molar-refractivity contribution is 5.67. The summed E-state index contributed by atoms with van der Waals surface area (Å²) in [6, 6.07) is 14.4. The summed E-state index contributed by atoms with van der Waals surface area (Å²) in [5, 5.41) is 11.7. The fourth-order valence-electron chi connectivity index (χ4n) is 4.40. The molecule has 0 aliphatic heterocycles. The lowest BCUT2D eigenvalue weighted by molar-refractivity contribution is -0.140. The van der Waals surface area contributed by atoms with E-state index in [-0.39, 0.29) is 18.0 Å². The molecule has 3 aromatic rings. The van der Waals surface area contributed by atoms with E-state index < -0.39 is 17.8 Å². The van der Waals surface area contributed by atoms with Crippen molar-refractivity contribution in [3.05, 3.63) is 72.2 Å². The molecule has 2 N–H and O–H groups in total. The minimum Gasteiger partial charge on any atom is -0.481 e. The van der Waals surface area contributed by atoms with Gasteiger partial charge in [0.2, 0.25) is 0 Å². The zero-order valence-corrected chi connectivity index (χ0v) is 17.8. The molecule has 33 heavy (non-hydrogen) atoms. The van der Waals surface area contributed by atoms with Crippen molar-refractivity contribution in [2.24, 2.45) is 5.92 Å². The fraction of sp³-hybridized carbons (Fsp3) is 0.320. The van der Waals surface area contributed by atoms with Crippen molar-refractivity contribution >= 4 is 17.3 Å². The van der Waals surface area contributed by atoms with Gasteiger partial charge in [-0.25, -0.2) is 4.98 Å². The maximum atomic E-state index is 13.1. The lowest BCUT2D eigenvalue weighted by Crippen LogP contribution is -2.16. The van der Waals surface area contributed by atoms with Crippen LogP contribution in [0, 0.1) is 5.92 Å². The second-order valence-corrected chi connectivity index (χ2v) is 8.39. The van der Waals surface area contributed by atoms with Crippen LogP contribution in [-0.4, -0.2) is 21.0 Å². The third-order valence-corrected chi connectivity index (χ3v) is 6.11. The summed E-state index contributed by atoms with van der Waals surface area (Å²) in [6.45, 7) is 0. The molecule has 2 heterocycles. The number of nitrogens with one attached hydrogen (secondary N) is 1. The maximum Gasteiger partial charge on any atom is 0.435 e. The molecule has 0 atom stereocenters. The van der Waals surface area contributed by atoms with E-state index in [4.69, 9.17) is 5.11 Å². The fourth-order valence-corrected chi connectivity index (χ4v) is 4.40. The first-order valence-corrected chi connectivity index (χ1v) is 10.9. The van der Waals surface area contributed by atoms with Gasteiger partial charge in [0, 0.05) is 18.2 Å². The van der Waals surface area contributed by atoms with Gasteiger partial charge in [-0.3, -0.25) is 9.78 Å². The second-order valence-electron chi connectivity index (χ2n) is 8.39. The van der Waals surface area contributed by atoms with Gasteiger partial charge >= 0.3 is 12.1 Å². The molecule has 0 amide bonds. The highest BCUT2D eigenvalue weighted by atomic mass is 19.4. The van der Waals surface area contributed by atoms with Gasteiger partial charge in [-0.05, 0) is 67.3 Å². The number of pyridine rings is 2. The monoisotopic (exact) mass is 455 g/mol. The van der Waals surface area contributed by atoms with Crippen molar-refractivity contribution in [3.8, 4) is 11.3 Å². The van der Waals surface area contributed by atoms with Gasteiger partial charge in [-0.2, -0.15) is 13.2 Å². The Kier molecular flexibility index (Phi) is 6.62. The summed E-state index contributed by atoms with van der Waals surface area (Å²) in [6.07, 6.45) is 2.16. The molecule has 0 spiro atoms. The molecular weight excluding hydrogens is 431 g/mol. The number of halogens is 3. The second kappa shape index (κ2) is 9.60. The van der Waals surface area contributed by atoms with Crippen LogP contribution in [-0.2, 0) is 11.0 Å². The first kappa shape index (κ1) is 22.8. The number of hydrogen-bond acceptors (Lipinski definition) is 4. The molecule has 1 aliphatic rings. The van der Waals surface area contributed by atoms with E-state index in [0.29, 0.717) is 11.6 Å². The molecule has 0 saturated heterocycles. The molecular formula is C25H24F3N3O2. The molecule has 172 valence electrons. The van der Waals surface area contributed by atoms with Crippen LogP contribution in [0.15, 0.2) is 60.9 Å². The number of aliphatic carboxylic acids is 1. The molecule has 0 unspecified atom stereocenters. The van der Waals surface area contributed by atoms with Crippen LogP contribution < -0.4 is 5.32 Å². The number of rotatable bonds is 6. The van der Waals surface area contributed by atoms with Crippen LogP contribution in [0.3, 0.4) is 0 Å². The number of carbonyl (C=O) groups is 1. The molecule has 1 aromatic carbocycles. The smallest absolute Gasteiger partial charge is 0.435 e. The molecule has 1 fully saturated rings. The predicted molar refractivity (Wildman–Crippen MR) is 119 cm³/mol. The Balaban J connectivity index is 1.40. The quantitative estimate of drug-likeness (QED) is 0.435. The third-order valence-electron chi connectivity index (χ3n) is 6.11. The van der Waals surface area contributed by atoms with Crippen molar-refractivity contribution < 1.29 is 23.1 Å². The van der Waals surface area contributed by atoms with Crippen molar-refractivity contribution in [3.63, 3.8) is 0 Å². The first-order valence-electron chi connectivity index (χ1n) is 10.9. The van der Waals surface area contributed by atoms with Crippen LogP contribution in [0.25, 0.3) is 11.3 Å². The average Bonchev–Trinajstić information content (AvgIpc) is 2.80. The number of carboxylic acid groups (broad SMARTS) is 1. The van der Waals surface area contributed by atoms with E-state index >= 15 is 0 Å². The van der Waals surface area contributed by atoms with Crippen LogP contribution in [0.2, 0.25) is 0 Å². The lowest BCUT2D eigenvalue weighted by atomic mass is 9.77. The zero-order chi connectivity index (χ0) is 23.4. The van der Waals surface area contributed by atoms with Gasteiger partial charge in [0.1, 0.15) is 0 Å². The number of hydrogen-bond donors (Lipinski definition) is 2. The van der Waals surface area contributed by atoms with Crippen LogP contribution in [0.4, 0.5) is 24.5 Å². The number of nitrogens with zero attached hydrogens (tertiary/aromatic N) is 2. The van der Waals surface area contributed by atoms with Gasteiger partial charge in [0.05, 0.1) is 23.3 Å². The molecule has 2 aromatic heterocycles. The van der Waals surface area contributed by atoms with Crippen LogP contribution in [0.1, 0.15) is 49.3 Å². The average molecular weight is 455 g/mol. The Morgan fingerprint density at radius 3 is 2.33 bits per heavy atom. The summed E-state index contributed by atoms with van der Waals surface area (Å²) in [5.41, 5.74) is 2.22. The summed E-state index contributed by atoms with van der Waals surface area (Å²) in [5.74, 6) is -0.0167. The Morgan fingerprint density at radius 2 is 1.73 bits per heavy atom. The number of aromatic nitrogens is 2. The molecule has 1 saturated carbocycles.